The average molecular weight is 476 g/mol. The normalized spacial score (nSPS) is 12.8. The van der Waals surface area contributed by atoms with E-state index in [1.54, 1.807) is 31.3 Å². The summed E-state index contributed by atoms with van der Waals surface area (Å²) in [6.07, 6.45) is 1.80. The van der Waals surface area contributed by atoms with Gasteiger partial charge in [0.25, 0.3) is 5.91 Å². The first-order valence-corrected chi connectivity index (χ1v) is 10.9. The SMILES string of the molecule is CC[C@H](C)NC(=O)c1ccc(-c2cnc(N)c(OC(C)c3c(Cl)ccc(F)c3Cl)c2)cc1. The van der Waals surface area contributed by atoms with Crippen LogP contribution in [0.25, 0.3) is 11.1 Å². The Morgan fingerprint density at radius 2 is 1.84 bits per heavy atom. The molecule has 1 amide bonds. The molecule has 0 saturated carbocycles. The third-order valence-corrected chi connectivity index (χ3v) is 5.86. The molecule has 8 heteroatoms. The Labute approximate surface area is 196 Å². The van der Waals surface area contributed by atoms with E-state index >= 15 is 0 Å². The molecule has 0 fully saturated rings. The minimum absolute atomic E-state index is 0.0982. The van der Waals surface area contributed by atoms with Gasteiger partial charge in [0.15, 0.2) is 11.6 Å². The van der Waals surface area contributed by atoms with E-state index < -0.39 is 11.9 Å². The predicted molar refractivity (Wildman–Crippen MR) is 127 cm³/mol. The van der Waals surface area contributed by atoms with Gasteiger partial charge in [-0.05, 0) is 56.2 Å². The smallest absolute Gasteiger partial charge is 0.251 e. The highest BCUT2D eigenvalue weighted by atomic mass is 35.5. The van der Waals surface area contributed by atoms with Crippen molar-refractivity contribution in [1.29, 1.82) is 0 Å². The molecule has 3 aromatic rings. The largest absolute Gasteiger partial charge is 0.482 e. The fourth-order valence-electron chi connectivity index (χ4n) is 3.10. The number of hydrogen-bond acceptors (Lipinski definition) is 4. The van der Waals surface area contributed by atoms with E-state index in [-0.39, 0.29) is 27.8 Å². The number of aromatic nitrogens is 1. The van der Waals surface area contributed by atoms with Crippen LogP contribution in [0.1, 0.15) is 49.2 Å². The molecule has 2 aromatic carbocycles. The number of carbonyl (C=O) groups is 1. The zero-order valence-electron chi connectivity index (χ0n) is 18.0. The van der Waals surface area contributed by atoms with Crippen LogP contribution in [-0.4, -0.2) is 16.9 Å². The Morgan fingerprint density at radius 3 is 2.50 bits per heavy atom. The summed E-state index contributed by atoms with van der Waals surface area (Å²) in [5.41, 5.74) is 8.46. The lowest BCUT2D eigenvalue weighted by Gasteiger charge is -2.19. The Kier molecular flexibility index (Phi) is 7.59. The van der Waals surface area contributed by atoms with Crippen LogP contribution in [0.3, 0.4) is 0 Å². The van der Waals surface area contributed by atoms with Gasteiger partial charge in [-0.15, -0.1) is 0 Å². The minimum atomic E-state index is -0.670. The summed E-state index contributed by atoms with van der Waals surface area (Å²) in [7, 11) is 0. The van der Waals surface area contributed by atoms with Gasteiger partial charge in [0.05, 0.1) is 5.02 Å². The second kappa shape index (κ2) is 10.2. The summed E-state index contributed by atoms with van der Waals surface area (Å²) in [5.74, 6) is -0.222. The zero-order chi connectivity index (χ0) is 23.4. The fraction of sp³-hybridized carbons (Fsp3) is 0.250. The molecule has 1 unspecified atom stereocenters. The molecular weight excluding hydrogens is 452 g/mol. The number of pyridine rings is 1. The first kappa shape index (κ1) is 23.8. The molecule has 0 aliphatic carbocycles. The summed E-state index contributed by atoms with van der Waals surface area (Å²) in [6, 6.07) is 11.6. The van der Waals surface area contributed by atoms with Crippen molar-refractivity contribution < 1.29 is 13.9 Å². The van der Waals surface area contributed by atoms with Crippen LogP contribution in [-0.2, 0) is 0 Å². The number of nitrogens with zero attached hydrogens (tertiary/aromatic N) is 1. The van der Waals surface area contributed by atoms with Crippen molar-refractivity contribution in [2.45, 2.75) is 39.3 Å². The number of anilines is 1. The van der Waals surface area contributed by atoms with E-state index in [4.69, 9.17) is 33.7 Å². The molecule has 32 heavy (non-hydrogen) atoms. The van der Waals surface area contributed by atoms with Gasteiger partial charge in [0, 0.05) is 34.0 Å². The third-order valence-electron chi connectivity index (χ3n) is 5.14. The van der Waals surface area contributed by atoms with Gasteiger partial charge in [-0.25, -0.2) is 9.37 Å². The minimum Gasteiger partial charge on any atom is -0.482 e. The molecular formula is C24H24Cl2FN3O2. The number of nitrogen functional groups attached to an aromatic ring is 1. The molecule has 5 nitrogen and oxygen atoms in total. The van der Waals surface area contributed by atoms with E-state index in [0.29, 0.717) is 16.9 Å². The van der Waals surface area contributed by atoms with Gasteiger partial charge in [0.1, 0.15) is 11.9 Å². The molecule has 2 atom stereocenters. The van der Waals surface area contributed by atoms with Gasteiger partial charge in [0.2, 0.25) is 0 Å². The maximum Gasteiger partial charge on any atom is 0.251 e. The summed E-state index contributed by atoms with van der Waals surface area (Å²) < 4.78 is 19.8. The third kappa shape index (κ3) is 5.31. The van der Waals surface area contributed by atoms with Crippen molar-refractivity contribution >= 4 is 34.9 Å². The maximum absolute atomic E-state index is 13.9. The molecule has 0 saturated heterocycles. The molecule has 3 rings (SSSR count). The van der Waals surface area contributed by atoms with Crippen LogP contribution >= 0.6 is 23.2 Å². The summed E-state index contributed by atoms with van der Waals surface area (Å²) in [5, 5.41) is 3.13. The molecule has 168 valence electrons. The molecule has 1 aromatic heterocycles. The Balaban J connectivity index is 1.83. The van der Waals surface area contributed by atoms with Crippen LogP contribution in [0.15, 0.2) is 48.7 Å². The fourth-order valence-corrected chi connectivity index (χ4v) is 3.77. The number of ether oxygens (including phenoxy) is 1. The average Bonchev–Trinajstić information content (AvgIpc) is 2.78. The van der Waals surface area contributed by atoms with E-state index in [2.05, 4.69) is 10.3 Å². The van der Waals surface area contributed by atoms with E-state index in [1.165, 1.54) is 12.1 Å². The van der Waals surface area contributed by atoms with Crippen LogP contribution in [0.2, 0.25) is 10.0 Å². The number of rotatable bonds is 7. The Morgan fingerprint density at radius 1 is 1.16 bits per heavy atom. The standard InChI is InChI=1S/C24H24Cl2FN3O2/c1-4-13(2)30-24(31)16-7-5-15(6-8-16)17-11-20(23(28)29-12-17)32-14(3)21-18(25)9-10-19(27)22(21)26/h5-14H,4H2,1-3H3,(H2,28,29)(H,30,31)/t13-,14?/m0/s1. The van der Waals surface area contributed by atoms with Gasteiger partial charge >= 0.3 is 0 Å². The molecule has 0 aliphatic heterocycles. The summed E-state index contributed by atoms with van der Waals surface area (Å²) in [4.78, 5) is 16.5. The van der Waals surface area contributed by atoms with Gasteiger partial charge in [-0.1, -0.05) is 42.3 Å². The molecule has 3 N–H and O–H groups in total. The second-order valence-electron chi connectivity index (χ2n) is 7.48. The highest BCUT2D eigenvalue weighted by Gasteiger charge is 2.20. The maximum atomic E-state index is 13.9. The number of halogens is 3. The number of hydrogen-bond donors (Lipinski definition) is 2. The monoisotopic (exact) mass is 475 g/mol. The first-order chi connectivity index (χ1) is 15.2. The van der Waals surface area contributed by atoms with Gasteiger partial charge in [-0.3, -0.25) is 4.79 Å². The lowest BCUT2D eigenvalue weighted by Crippen LogP contribution is -2.31. The van der Waals surface area contributed by atoms with Crippen molar-refractivity contribution in [2.24, 2.45) is 0 Å². The number of nitrogens with two attached hydrogens (primary N) is 1. The van der Waals surface area contributed by atoms with Crippen molar-refractivity contribution in [1.82, 2.24) is 10.3 Å². The zero-order valence-corrected chi connectivity index (χ0v) is 19.5. The lowest BCUT2D eigenvalue weighted by atomic mass is 10.0. The molecule has 0 aliphatic rings. The highest BCUT2D eigenvalue weighted by molar-refractivity contribution is 6.36. The van der Waals surface area contributed by atoms with Crippen molar-refractivity contribution in [3.63, 3.8) is 0 Å². The Hall–Kier alpha value is -2.83. The summed E-state index contributed by atoms with van der Waals surface area (Å²) >= 11 is 12.3. The number of amides is 1. The number of carbonyl (C=O) groups excluding carboxylic acids is 1. The molecule has 0 radical (unpaired) electrons. The molecule has 0 bridgehead atoms. The molecule has 1 heterocycles. The number of nitrogens with one attached hydrogen (secondary N) is 1. The van der Waals surface area contributed by atoms with Crippen molar-refractivity contribution in [3.05, 3.63) is 75.7 Å². The Bertz CT molecular complexity index is 1120. The quantitative estimate of drug-likeness (QED) is 0.385. The highest BCUT2D eigenvalue weighted by Crippen LogP contribution is 2.37. The van der Waals surface area contributed by atoms with Crippen LogP contribution < -0.4 is 15.8 Å². The van der Waals surface area contributed by atoms with Crippen LogP contribution in [0.5, 0.6) is 5.75 Å². The first-order valence-electron chi connectivity index (χ1n) is 10.2. The predicted octanol–water partition coefficient (Wildman–Crippen LogP) is 6.45. The van der Waals surface area contributed by atoms with E-state index in [0.717, 1.165) is 17.5 Å². The van der Waals surface area contributed by atoms with E-state index in [9.17, 15) is 9.18 Å². The molecule has 0 spiro atoms. The number of benzene rings is 2. The topological polar surface area (TPSA) is 77.2 Å². The second-order valence-corrected chi connectivity index (χ2v) is 8.27. The lowest BCUT2D eigenvalue weighted by molar-refractivity contribution is 0.0939. The van der Waals surface area contributed by atoms with Crippen LogP contribution in [0, 0.1) is 5.82 Å². The summed E-state index contributed by atoms with van der Waals surface area (Å²) in [6.45, 7) is 5.67. The van der Waals surface area contributed by atoms with Gasteiger partial charge in [-0.2, -0.15) is 0 Å². The van der Waals surface area contributed by atoms with Crippen LogP contribution in [0.4, 0.5) is 10.2 Å². The van der Waals surface area contributed by atoms with Crippen molar-refractivity contribution in [2.75, 3.05) is 5.73 Å². The van der Waals surface area contributed by atoms with Gasteiger partial charge < -0.3 is 15.8 Å². The van der Waals surface area contributed by atoms with Crippen molar-refractivity contribution in [3.8, 4) is 16.9 Å². The van der Waals surface area contributed by atoms with E-state index in [1.807, 2.05) is 26.0 Å².